The SMILES string of the molecule is CC1CCCN(C(C)(C)CNC(=O)N[C@@H]2C=C[C@H](CO)C2)C1. The molecule has 0 aromatic heterocycles. The van der Waals surface area contributed by atoms with Crippen LogP contribution >= 0.6 is 0 Å². The Balaban J connectivity index is 1.74. The largest absolute Gasteiger partial charge is 0.396 e. The average Bonchev–Trinajstić information content (AvgIpc) is 2.93. The summed E-state index contributed by atoms with van der Waals surface area (Å²) < 4.78 is 0. The molecule has 3 N–H and O–H groups in total. The zero-order valence-corrected chi connectivity index (χ0v) is 14.1. The van der Waals surface area contributed by atoms with Gasteiger partial charge in [0.2, 0.25) is 0 Å². The maximum absolute atomic E-state index is 12.1. The highest BCUT2D eigenvalue weighted by molar-refractivity contribution is 5.74. The van der Waals surface area contributed by atoms with Crippen LogP contribution < -0.4 is 10.6 Å². The lowest BCUT2D eigenvalue weighted by molar-refractivity contribution is 0.0723. The molecule has 2 rings (SSSR count). The number of hydrogen-bond acceptors (Lipinski definition) is 3. The third-order valence-electron chi connectivity index (χ3n) is 4.92. The number of rotatable bonds is 5. The van der Waals surface area contributed by atoms with Gasteiger partial charge < -0.3 is 15.7 Å². The van der Waals surface area contributed by atoms with Crippen LogP contribution in [0.15, 0.2) is 12.2 Å². The van der Waals surface area contributed by atoms with Crippen LogP contribution in [0.25, 0.3) is 0 Å². The molecular formula is C17H31N3O2. The molecule has 1 saturated heterocycles. The van der Waals surface area contributed by atoms with Crippen molar-refractivity contribution >= 4 is 6.03 Å². The number of urea groups is 1. The van der Waals surface area contributed by atoms with Crippen LogP contribution in [0.1, 0.15) is 40.0 Å². The van der Waals surface area contributed by atoms with Crippen molar-refractivity contribution in [3.05, 3.63) is 12.2 Å². The first-order valence-corrected chi connectivity index (χ1v) is 8.49. The van der Waals surface area contributed by atoms with Crippen molar-refractivity contribution in [2.45, 2.75) is 51.6 Å². The lowest BCUT2D eigenvalue weighted by atomic mass is 9.93. The Morgan fingerprint density at radius 2 is 2.18 bits per heavy atom. The van der Waals surface area contributed by atoms with E-state index in [0.29, 0.717) is 6.54 Å². The number of nitrogens with one attached hydrogen (secondary N) is 2. The highest BCUT2D eigenvalue weighted by Crippen LogP contribution is 2.23. The van der Waals surface area contributed by atoms with Crippen molar-refractivity contribution in [2.24, 2.45) is 11.8 Å². The van der Waals surface area contributed by atoms with Gasteiger partial charge in [0.15, 0.2) is 0 Å². The maximum Gasteiger partial charge on any atom is 0.315 e. The first-order valence-electron chi connectivity index (χ1n) is 8.49. The summed E-state index contributed by atoms with van der Waals surface area (Å²) in [6.45, 7) is 9.71. The van der Waals surface area contributed by atoms with Crippen molar-refractivity contribution in [3.63, 3.8) is 0 Å². The van der Waals surface area contributed by atoms with Gasteiger partial charge in [0.25, 0.3) is 0 Å². The number of aliphatic hydroxyl groups excluding tert-OH is 1. The highest BCUT2D eigenvalue weighted by Gasteiger charge is 2.30. The van der Waals surface area contributed by atoms with Crippen molar-refractivity contribution < 1.29 is 9.90 Å². The van der Waals surface area contributed by atoms with Gasteiger partial charge in [0, 0.05) is 37.2 Å². The molecule has 1 unspecified atom stereocenters. The van der Waals surface area contributed by atoms with E-state index in [1.165, 1.54) is 12.8 Å². The Hall–Kier alpha value is -1.07. The van der Waals surface area contributed by atoms with E-state index >= 15 is 0 Å². The lowest BCUT2D eigenvalue weighted by Gasteiger charge is -2.43. The number of nitrogens with zero attached hydrogens (tertiary/aromatic N) is 1. The quantitative estimate of drug-likeness (QED) is 0.678. The van der Waals surface area contributed by atoms with Gasteiger partial charge in [-0.3, -0.25) is 4.90 Å². The van der Waals surface area contributed by atoms with Crippen molar-refractivity contribution in [3.8, 4) is 0 Å². The fourth-order valence-electron chi connectivity index (χ4n) is 3.38. The van der Waals surface area contributed by atoms with Crippen LogP contribution in [-0.4, -0.2) is 53.9 Å². The topological polar surface area (TPSA) is 64.6 Å². The second-order valence-corrected chi connectivity index (χ2v) is 7.50. The van der Waals surface area contributed by atoms with E-state index in [0.717, 1.165) is 25.4 Å². The van der Waals surface area contributed by atoms with Crippen LogP contribution in [0, 0.1) is 11.8 Å². The van der Waals surface area contributed by atoms with Crippen molar-refractivity contribution in [1.29, 1.82) is 0 Å². The average molecular weight is 309 g/mol. The molecule has 0 spiro atoms. The molecule has 0 bridgehead atoms. The van der Waals surface area contributed by atoms with E-state index in [9.17, 15) is 4.79 Å². The molecule has 0 radical (unpaired) electrons. The molecule has 0 aromatic carbocycles. The summed E-state index contributed by atoms with van der Waals surface area (Å²) in [6, 6.07) is -0.0818. The monoisotopic (exact) mass is 309 g/mol. The van der Waals surface area contributed by atoms with E-state index in [2.05, 4.69) is 36.3 Å². The number of carbonyl (C=O) groups excluding carboxylic acids is 1. The Bertz CT molecular complexity index is 409. The minimum absolute atomic E-state index is 0.0226. The van der Waals surface area contributed by atoms with Crippen LogP contribution in [0.5, 0.6) is 0 Å². The Morgan fingerprint density at radius 1 is 1.41 bits per heavy atom. The normalized spacial score (nSPS) is 29.5. The van der Waals surface area contributed by atoms with Gasteiger partial charge in [-0.15, -0.1) is 0 Å². The predicted octanol–water partition coefficient (Wildman–Crippen LogP) is 1.73. The maximum atomic E-state index is 12.1. The Kier molecular flexibility index (Phi) is 5.87. The molecule has 22 heavy (non-hydrogen) atoms. The fraction of sp³-hybridized carbons (Fsp3) is 0.824. The summed E-state index contributed by atoms with van der Waals surface area (Å²) >= 11 is 0. The molecule has 2 amide bonds. The number of amides is 2. The van der Waals surface area contributed by atoms with Gasteiger partial charge in [-0.1, -0.05) is 19.1 Å². The number of hydrogen-bond donors (Lipinski definition) is 3. The molecule has 1 aliphatic carbocycles. The van der Waals surface area contributed by atoms with E-state index in [1.54, 1.807) is 0 Å². The van der Waals surface area contributed by atoms with Gasteiger partial charge >= 0.3 is 6.03 Å². The van der Waals surface area contributed by atoms with Gasteiger partial charge in [-0.05, 0) is 45.6 Å². The van der Waals surface area contributed by atoms with Gasteiger partial charge in [0.1, 0.15) is 0 Å². The third-order valence-corrected chi connectivity index (χ3v) is 4.92. The second-order valence-electron chi connectivity index (χ2n) is 7.50. The molecule has 5 nitrogen and oxygen atoms in total. The fourth-order valence-corrected chi connectivity index (χ4v) is 3.38. The summed E-state index contributed by atoms with van der Waals surface area (Å²) in [7, 11) is 0. The highest BCUT2D eigenvalue weighted by atomic mass is 16.3. The predicted molar refractivity (Wildman–Crippen MR) is 88.7 cm³/mol. The molecule has 0 aromatic rings. The van der Waals surface area contributed by atoms with Gasteiger partial charge in [0.05, 0.1) is 0 Å². The summed E-state index contributed by atoms with van der Waals surface area (Å²) in [4.78, 5) is 14.5. The second kappa shape index (κ2) is 7.47. The number of piperidine rings is 1. The summed E-state index contributed by atoms with van der Waals surface area (Å²) in [6.07, 6.45) is 7.28. The summed E-state index contributed by atoms with van der Waals surface area (Å²) in [5.74, 6) is 0.914. The molecule has 0 saturated carbocycles. The van der Waals surface area contributed by atoms with Crippen molar-refractivity contribution in [2.75, 3.05) is 26.2 Å². The number of aliphatic hydroxyl groups is 1. The molecule has 126 valence electrons. The molecule has 2 aliphatic rings. The minimum atomic E-state index is -0.119. The lowest BCUT2D eigenvalue weighted by Crippen LogP contribution is -2.56. The summed E-state index contributed by atoms with van der Waals surface area (Å²) in [5, 5.41) is 15.1. The third kappa shape index (κ3) is 4.71. The van der Waals surface area contributed by atoms with Crippen LogP contribution in [0.2, 0.25) is 0 Å². The number of carbonyl (C=O) groups is 1. The number of likely N-dealkylation sites (tertiary alicyclic amines) is 1. The Morgan fingerprint density at radius 3 is 2.82 bits per heavy atom. The van der Waals surface area contributed by atoms with Crippen LogP contribution in [-0.2, 0) is 0 Å². The molecule has 5 heteroatoms. The molecule has 1 fully saturated rings. The van der Waals surface area contributed by atoms with E-state index in [4.69, 9.17) is 5.11 Å². The standard InChI is InChI=1S/C17H31N3O2/c1-13-5-4-8-20(10-13)17(2,3)12-18-16(22)19-15-7-6-14(9-15)11-21/h6-7,13-15,21H,4-5,8-12H2,1-3H3,(H2,18,19,22)/t13?,14-,15+/m0/s1. The van der Waals surface area contributed by atoms with E-state index in [-0.39, 0.29) is 30.1 Å². The van der Waals surface area contributed by atoms with E-state index < -0.39 is 0 Å². The van der Waals surface area contributed by atoms with Gasteiger partial charge in [-0.2, -0.15) is 0 Å². The minimum Gasteiger partial charge on any atom is -0.396 e. The Labute approximate surface area is 134 Å². The molecule has 1 aliphatic heterocycles. The first-order chi connectivity index (χ1) is 10.4. The van der Waals surface area contributed by atoms with Crippen LogP contribution in [0.4, 0.5) is 4.79 Å². The molecule has 3 atom stereocenters. The molecular weight excluding hydrogens is 278 g/mol. The van der Waals surface area contributed by atoms with E-state index in [1.807, 2.05) is 12.2 Å². The van der Waals surface area contributed by atoms with Crippen molar-refractivity contribution in [1.82, 2.24) is 15.5 Å². The van der Waals surface area contributed by atoms with Crippen LogP contribution in [0.3, 0.4) is 0 Å². The zero-order valence-electron chi connectivity index (χ0n) is 14.1. The molecule has 1 heterocycles. The van der Waals surface area contributed by atoms with Gasteiger partial charge in [-0.25, -0.2) is 4.79 Å². The zero-order chi connectivity index (χ0) is 16.2. The summed E-state index contributed by atoms with van der Waals surface area (Å²) in [5.41, 5.74) is -0.0226. The smallest absolute Gasteiger partial charge is 0.315 e. The first kappa shape index (κ1) is 17.3.